The van der Waals surface area contributed by atoms with E-state index in [0.29, 0.717) is 24.8 Å². The van der Waals surface area contributed by atoms with Gasteiger partial charge in [-0.05, 0) is 38.5 Å². The second kappa shape index (κ2) is 5.39. The third-order valence-corrected chi connectivity index (χ3v) is 3.69. The average Bonchev–Trinajstić information content (AvgIpc) is 2.17. The highest BCUT2D eigenvalue weighted by molar-refractivity contribution is 4.82. The lowest BCUT2D eigenvalue weighted by atomic mass is 9.85. The SMILES string of the molecule is CC(C)C(C)NC1CCC(C(F)(F)F)CC1. The maximum Gasteiger partial charge on any atom is 0.391 e. The van der Waals surface area contributed by atoms with Gasteiger partial charge in [0.15, 0.2) is 0 Å². The van der Waals surface area contributed by atoms with Crippen LogP contribution in [0, 0.1) is 11.8 Å². The topological polar surface area (TPSA) is 12.0 Å². The molecule has 96 valence electrons. The predicted octanol–water partition coefficient (Wildman–Crippen LogP) is 3.74. The summed E-state index contributed by atoms with van der Waals surface area (Å²) in [5, 5.41) is 3.42. The van der Waals surface area contributed by atoms with Crippen molar-refractivity contribution in [3.8, 4) is 0 Å². The zero-order valence-electron chi connectivity index (χ0n) is 10.3. The summed E-state index contributed by atoms with van der Waals surface area (Å²) >= 11 is 0. The number of nitrogens with one attached hydrogen (secondary N) is 1. The van der Waals surface area contributed by atoms with E-state index in [-0.39, 0.29) is 18.9 Å². The van der Waals surface area contributed by atoms with Crippen LogP contribution in [0.1, 0.15) is 46.5 Å². The Morgan fingerprint density at radius 2 is 1.50 bits per heavy atom. The molecule has 1 unspecified atom stereocenters. The standard InChI is InChI=1S/C12H22F3N/c1-8(2)9(3)16-11-6-4-10(5-7-11)12(13,14)15/h8-11,16H,4-7H2,1-3H3. The van der Waals surface area contributed by atoms with Gasteiger partial charge in [-0.1, -0.05) is 13.8 Å². The van der Waals surface area contributed by atoms with Crippen LogP contribution in [0.5, 0.6) is 0 Å². The van der Waals surface area contributed by atoms with Crippen molar-refractivity contribution in [2.75, 3.05) is 0 Å². The van der Waals surface area contributed by atoms with Crippen LogP contribution in [0.25, 0.3) is 0 Å². The van der Waals surface area contributed by atoms with E-state index in [2.05, 4.69) is 26.1 Å². The third-order valence-electron chi connectivity index (χ3n) is 3.69. The van der Waals surface area contributed by atoms with Crippen molar-refractivity contribution in [3.05, 3.63) is 0 Å². The van der Waals surface area contributed by atoms with Gasteiger partial charge in [-0.3, -0.25) is 0 Å². The van der Waals surface area contributed by atoms with Gasteiger partial charge in [-0.2, -0.15) is 13.2 Å². The highest BCUT2D eigenvalue weighted by Crippen LogP contribution is 2.37. The Kier molecular flexibility index (Phi) is 4.65. The molecule has 1 nitrogen and oxygen atoms in total. The van der Waals surface area contributed by atoms with Gasteiger partial charge in [-0.25, -0.2) is 0 Å². The first-order valence-corrected chi connectivity index (χ1v) is 6.13. The van der Waals surface area contributed by atoms with E-state index in [4.69, 9.17) is 0 Å². The van der Waals surface area contributed by atoms with Gasteiger partial charge in [0.2, 0.25) is 0 Å². The summed E-state index contributed by atoms with van der Waals surface area (Å²) in [6.45, 7) is 6.35. The third kappa shape index (κ3) is 3.96. The van der Waals surface area contributed by atoms with Gasteiger partial charge in [0.25, 0.3) is 0 Å². The van der Waals surface area contributed by atoms with Gasteiger partial charge < -0.3 is 5.32 Å². The van der Waals surface area contributed by atoms with Crippen molar-refractivity contribution in [2.45, 2.75) is 64.7 Å². The minimum atomic E-state index is -3.99. The molecule has 0 aromatic heterocycles. The van der Waals surface area contributed by atoms with Crippen LogP contribution in [-0.4, -0.2) is 18.3 Å². The second-order valence-corrected chi connectivity index (χ2v) is 5.29. The summed E-state index contributed by atoms with van der Waals surface area (Å²) in [6.07, 6.45) is -2.12. The molecule has 0 bridgehead atoms. The summed E-state index contributed by atoms with van der Waals surface area (Å²) in [4.78, 5) is 0. The lowest BCUT2D eigenvalue weighted by Crippen LogP contribution is -2.43. The van der Waals surface area contributed by atoms with Gasteiger partial charge in [-0.15, -0.1) is 0 Å². The summed E-state index contributed by atoms with van der Waals surface area (Å²) in [7, 11) is 0. The first kappa shape index (κ1) is 13.8. The Morgan fingerprint density at radius 3 is 1.88 bits per heavy atom. The van der Waals surface area contributed by atoms with Gasteiger partial charge >= 0.3 is 6.18 Å². The normalized spacial score (nSPS) is 29.4. The van der Waals surface area contributed by atoms with Crippen molar-refractivity contribution in [1.82, 2.24) is 5.32 Å². The Bertz CT molecular complexity index is 205. The fraction of sp³-hybridized carbons (Fsp3) is 1.00. The van der Waals surface area contributed by atoms with E-state index in [1.165, 1.54) is 0 Å². The molecule has 1 atom stereocenters. The fourth-order valence-electron chi connectivity index (χ4n) is 2.15. The van der Waals surface area contributed by atoms with Gasteiger partial charge in [0, 0.05) is 12.1 Å². The van der Waals surface area contributed by atoms with Crippen LogP contribution in [0.3, 0.4) is 0 Å². The molecule has 4 heteroatoms. The number of hydrogen-bond donors (Lipinski definition) is 1. The minimum absolute atomic E-state index is 0.274. The minimum Gasteiger partial charge on any atom is -0.311 e. The molecule has 0 aromatic rings. The summed E-state index contributed by atoms with van der Waals surface area (Å²) in [5.74, 6) is -0.541. The zero-order chi connectivity index (χ0) is 12.3. The van der Waals surface area contributed by atoms with Crippen molar-refractivity contribution >= 4 is 0 Å². The Hall–Kier alpha value is -0.250. The Labute approximate surface area is 95.8 Å². The van der Waals surface area contributed by atoms with Crippen molar-refractivity contribution in [2.24, 2.45) is 11.8 Å². The lowest BCUT2D eigenvalue weighted by molar-refractivity contribution is -0.182. The number of halogens is 3. The molecular formula is C12H22F3N. The fourth-order valence-corrected chi connectivity index (χ4v) is 2.15. The quantitative estimate of drug-likeness (QED) is 0.788. The smallest absolute Gasteiger partial charge is 0.311 e. The molecule has 16 heavy (non-hydrogen) atoms. The molecule has 1 N–H and O–H groups in total. The van der Waals surface area contributed by atoms with Crippen molar-refractivity contribution in [1.29, 1.82) is 0 Å². The van der Waals surface area contributed by atoms with Crippen LogP contribution >= 0.6 is 0 Å². The maximum absolute atomic E-state index is 12.4. The van der Waals surface area contributed by atoms with E-state index < -0.39 is 12.1 Å². The van der Waals surface area contributed by atoms with E-state index >= 15 is 0 Å². The van der Waals surface area contributed by atoms with Crippen LogP contribution in [-0.2, 0) is 0 Å². The molecular weight excluding hydrogens is 215 g/mol. The molecule has 1 saturated carbocycles. The first-order chi connectivity index (χ1) is 7.30. The number of hydrogen-bond acceptors (Lipinski definition) is 1. The Morgan fingerprint density at radius 1 is 1.00 bits per heavy atom. The first-order valence-electron chi connectivity index (χ1n) is 6.13. The largest absolute Gasteiger partial charge is 0.391 e. The molecule has 1 fully saturated rings. The van der Waals surface area contributed by atoms with E-state index in [1.54, 1.807) is 0 Å². The molecule has 1 aliphatic carbocycles. The zero-order valence-corrected chi connectivity index (χ0v) is 10.3. The Balaban J connectivity index is 2.32. The molecule has 0 aromatic carbocycles. The summed E-state index contributed by atoms with van der Waals surface area (Å²) in [5.41, 5.74) is 0. The molecule has 0 amide bonds. The number of alkyl halides is 3. The highest BCUT2D eigenvalue weighted by Gasteiger charge is 2.41. The molecule has 1 aliphatic rings. The van der Waals surface area contributed by atoms with Crippen LogP contribution < -0.4 is 5.32 Å². The van der Waals surface area contributed by atoms with Crippen LogP contribution in [0.4, 0.5) is 13.2 Å². The van der Waals surface area contributed by atoms with Crippen molar-refractivity contribution < 1.29 is 13.2 Å². The van der Waals surface area contributed by atoms with Crippen molar-refractivity contribution in [3.63, 3.8) is 0 Å². The average molecular weight is 237 g/mol. The second-order valence-electron chi connectivity index (χ2n) is 5.29. The van der Waals surface area contributed by atoms with E-state index in [9.17, 15) is 13.2 Å². The molecule has 0 spiro atoms. The summed E-state index contributed by atoms with van der Waals surface area (Å²) < 4.78 is 37.3. The van der Waals surface area contributed by atoms with Crippen LogP contribution in [0.2, 0.25) is 0 Å². The molecule has 0 radical (unpaired) electrons. The predicted molar refractivity (Wildman–Crippen MR) is 59.2 cm³/mol. The van der Waals surface area contributed by atoms with Gasteiger partial charge in [0.1, 0.15) is 0 Å². The highest BCUT2D eigenvalue weighted by atomic mass is 19.4. The molecule has 0 saturated heterocycles. The van der Waals surface area contributed by atoms with E-state index in [1.807, 2.05) is 0 Å². The molecule has 0 heterocycles. The summed E-state index contributed by atoms with van der Waals surface area (Å²) in [6, 6.07) is 0.656. The monoisotopic (exact) mass is 237 g/mol. The maximum atomic E-state index is 12.4. The number of rotatable bonds is 3. The van der Waals surface area contributed by atoms with E-state index in [0.717, 1.165) is 0 Å². The molecule has 1 rings (SSSR count). The van der Waals surface area contributed by atoms with Crippen LogP contribution in [0.15, 0.2) is 0 Å². The molecule has 0 aliphatic heterocycles. The van der Waals surface area contributed by atoms with Gasteiger partial charge in [0.05, 0.1) is 5.92 Å². The lowest BCUT2D eigenvalue weighted by Gasteiger charge is -2.33.